The third-order valence-electron chi connectivity index (χ3n) is 5.57. The Hall–Kier alpha value is -3.10. The molecule has 0 aliphatic carbocycles. The van der Waals surface area contributed by atoms with Gasteiger partial charge in [-0.1, -0.05) is 48.0 Å². The van der Waals surface area contributed by atoms with E-state index in [1.165, 1.54) is 16.4 Å². The number of anilines is 1. The van der Waals surface area contributed by atoms with E-state index in [9.17, 15) is 21.6 Å². The summed E-state index contributed by atoms with van der Waals surface area (Å²) in [6.07, 6.45) is -3.02. The Bertz CT molecular complexity index is 1280. The minimum absolute atomic E-state index is 0.122. The second-order valence-corrected chi connectivity index (χ2v) is 9.61. The monoisotopic (exact) mass is 473 g/mol. The Morgan fingerprint density at radius 2 is 1.61 bits per heavy atom. The van der Waals surface area contributed by atoms with Crippen molar-refractivity contribution in [2.45, 2.75) is 30.5 Å². The number of fused-ring (bicyclic) bond motifs is 1. The third kappa shape index (κ3) is 4.54. The van der Waals surface area contributed by atoms with E-state index in [0.717, 1.165) is 23.3 Å². The van der Waals surface area contributed by atoms with E-state index >= 15 is 0 Å². The molecule has 0 saturated heterocycles. The fourth-order valence-corrected chi connectivity index (χ4v) is 5.42. The average Bonchev–Trinajstić information content (AvgIpc) is 2.78. The number of para-hydroxylation sites is 1. The van der Waals surface area contributed by atoms with Gasteiger partial charge in [0.15, 0.2) is 0 Å². The lowest BCUT2D eigenvalue weighted by Crippen LogP contribution is -2.35. The maximum absolute atomic E-state index is 13.7. The lowest BCUT2D eigenvalue weighted by atomic mass is 9.97. The molecule has 4 nitrogen and oxygen atoms in total. The number of hydrogen-bond donors (Lipinski definition) is 0. The maximum Gasteiger partial charge on any atom is 0.416 e. The molecule has 3 aromatic rings. The van der Waals surface area contributed by atoms with E-state index in [0.29, 0.717) is 16.9 Å². The van der Waals surface area contributed by atoms with Crippen LogP contribution in [-0.2, 0) is 20.9 Å². The molecular weight excluding hydrogens is 451 g/mol. The molecule has 172 valence electrons. The molecule has 8 heteroatoms. The van der Waals surface area contributed by atoms with Crippen LogP contribution in [0.25, 0.3) is 6.08 Å². The van der Waals surface area contributed by atoms with Crippen molar-refractivity contribution in [2.75, 3.05) is 11.4 Å². The summed E-state index contributed by atoms with van der Waals surface area (Å²) in [6.45, 7) is 1.87. The van der Waals surface area contributed by atoms with Gasteiger partial charge in [0.25, 0.3) is 10.0 Å². The number of nitrogens with zero attached hydrogens (tertiary/aromatic N) is 1. The highest BCUT2D eigenvalue weighted by atomic mass is 32.2. The summed E-state index contributed by atoms with van der Waals surface area (Å²) in [5.41, 5.74) is 2.19. The van der Waals surface area contributed by atoms with Crippen molar-refractivity contribution in [3.05, 3.63) is 101 Å². The van der Waals surface area contributed by atoms with E-state index in [1.807, 2.05) is 19.1 Å². The summed E-state index contributed by atoms with van der Waals surface area (Å²) in [4.78, 5) is 0.122. The molecule has 1 aliphatic rings. The molecule has 0 radical (unpaired) electrons. The number of ether oxygens (including phenoxy) is 1. The number of methoxy groups -OCH3 is 1. The van der Waals surface area contributed by atoms with Crippen LogP contribution in [0.1, 0.15) is 34.8 Å². The number of aryl methyl sites for hydroxylation is 1. The zero-order valence-corrected chi connectivity index (χ0v) is 18.8. The molecule has 33 heavy (non-hydrogen) atoms. The lowest BCUT2D eigenvalue weighted by Gasteiger charge is -2.36. The van der Waals surface area contributed by atoms with E-state index in [2.05, 4.69) is 0 Å². The first-order valence-corrected chi connectivity index (χ1v) is 11.7. The number of alkyl halides is 3. The van der Waals surface area contributed by atoms with Crippen LogP contribution in [-0.4, -0.2) is 15.5 Å². The van der Waals surface area contributed by atoms with Crippen molar-refractivity contribution in [1.82, 2.24) is 0 Å². The molecule has 1 aliphatic heterocycles. The summed E-state index contributed by atoms with van der Waals surface area (Å²) in [7, 11) is -2.45. The standard InChI is InChI=1S/C25H22F3NO3S/c1-17-7-13-21(14-8-17)33(30,31)29-20(15-18-9-11-19(12-10-18)25(26,27)28)16-24(32-2)22-5-3-4-6-23(22)29/h3-15,24H,16H2,1-2H3/b20-15+. The highest BCUT2D eigenvalue weighted by Crippen LogP contribution is 2.44. The second-order valence-electron chi connectivity index (χ2n) is 7.83. The van der Waals surface area contributed by atoms with Crippen molar-refractivity contribution < 1.29 is 26.3 Å². The largest absolute Gasteiger partial charge is 0.416 e. The van der Waals surface area contributed by atoms with Crippen LogP contribution in [0.3, 0.4) is 0 Å². The van der Waals surface area contributed by atoms with Gasteiger partial charge in [0.1, 0.15) is 0 Å². The fraction of sp³-hybridized carbons (Fsp3) is 0.200. The van der Waals surface area contributed by atoms with Gasteiger partial charge in [-0.3, -0.25) is 0 Å². The van der Waals surface area contributed by atoms with Crippen LogP contribution in [0.5, 0.6) is 0 Å². The lowest BCUT2D eigenvalue weighted by molar-refractivity contribution is -0.137. The molecule has 0 N–H and O–H groups in total. The molecule has 1 atom stereocenters. The van der Waals surface area contributed by atoms with E-state index in [-0.39, 0.29) is 11.3 Å². The van der Waals surface area contributed by atoms with Gasteiger partial charge >= 0.3 is 6.18 Å². The Morgan fingerprint density at radius 1 is 0.970 bits per heavy atom. The number of hydrogen-bond acceptors (Lipinski definition) is 3. The number of halogens is 3. The normalized spacial score (nSPS) is 17.8. The molecule has 0 amide bonds. The van der Waals surface area contributed by atoms with Crippen LogP contribution in [0.15, 0.2) is 83.4 Å². The first kappa shape index (κ1) is 23.1. The average molecular weight is 474 g/mol. The SMILES string of the molecule is COC1C/C(=C\c2ccc(C(F)(F)F)cc2)N(S(=O)(=O)c2ccc(C)cc2)c2ccccc21. The van der Waals surface area contributed by atoms with Crippen molar-refractivity contribution >= 4 is 21.8 Å². The molecule has 0 fully saturated rings. The Kier molecular flexibility index (Phi) is 6.07. The minimum Gasteiger partial charge on any atom is -0.376 e. The van der Waals surface area contributed by atoms with Gasteiger partial charge in [-0.2, -0.15) is 13.2 Å². The zero-order valence-electron chi connectivity index (χ0n) is 18.0. The number of benzene rings is 3. The quantitative estimate of drug-likeness (QED) is 0.444. The Balaban J connectivity index is 1.87. The second kappa shape index (κ2) is 8.68. The summed E-state index contributed by atoms with van der Waals surface area (Å²) >= 11 is 0. The zero-order chi connectivity index (χ0) is 23.8. The highest BCUT2D eigenvalue weighted by Gasteiger charge is 2.37. The van der Waals surface area contributed by atoms with Gasteiger partial charge in [0, 0.05) is 24.8 Å². The van der Waals surface area contributed by atoms with Gasteiger partial charge in [0.2, 0.25) is 0 Å². The van der Waals surface area contributed by atoms with Crippen LogP contribution in [0.4, 0.5) is 18.9 Å². The van der Waals surface area contributed by atoms with Crippen LogP contribution >= 0.6 is 0 Å². The molecular formula is C25H22F3NO3S. The highest BCUT2D eigenvalue weighted by molar-refractivity contribution is 7.93. The molecule has 4 rings (SSSR count). The summed E-state index contributed by atoms with van der Waals surface area (Å²) in [5.74, 6) is 0. The smallest absolute Gasteiger partial charge is 0.376 e. The molecule has 0 aromatic heterocycles. The molecule has 1 unspecified atom stereocenters. The van der Waals surface area contributed by atoms with E-state index in [4.69, 9.17) is 4.74 Å². The van der Waals surface area contributed by atoms with Gasteiger partial charge in [-0.05, 0) is 48.9 Å². The number of rotatable bonds is 4. The van der Waals surface area contributed by atoms with Crippen LogP contribution in [0, 0.1) is 6.92 Å². The fourth-order valence-electron chi connectivity index (χ4n) is 3.87. The molecule has 0 spiro atoms. The molecule has 1 heterocycles. The van der Waals surface area contributed by atoms with Gasteiger partial charge in [-0.15, -0.1) is 0 Å². The minimum atomic E-state index is -4.45. The maximum atomic E-state index is 13.7. The first-order chi connectivity index (χ1) is 15.6. The van der Waals surface area contributed by atoms with Crippen molar-refractivity contribution in [3.8, 4) is 0 Å². The van der Waals surface area contributed by atoms with Crippen LogP contribution < -0.4 is 4.31 Å². The molecule has 0 bridgehead atoms. The van der Waals surface area contributed by atoms with Gasteiger partial charge in [-0.25, -0.2) is 12.7 Å². The number of sulfonamides is 1. The predicted molar refractivity (Wildman–Crippen MR) is 121 cm³/mol. The van der Waals surface area contributed by atoms with Crippen LogP contribution in [0.2, 0.25) is 0 Å². The van der Waals surface area contributed by atoms with Crippen molar-refractivity contribution in [2.24, 2.45) is 0 Å². The summed E-state index contributed by atoms with van der Waals surface area (Å²) < 4.78 is 73.2. The molecule has 0 saturated carbocycles. The summed E-state index contributed by atoms with van der Waals surface area (Å²) in [5, 5.41) is 0. The first-order valence-electron chi connectivity index (χ1n) is 10.2. The Labute approximate surface area is 191 Å². The van der Waals surface area contributed by atoms with Crippen molar-refractivity contribution in [1.29, 1.82) is 0 Å². The molecule has 3 aromatic carbocycles. The van der Waals surface area contributed by atoms with Crippen molar-refractivity contribution in [3.63, 3.8) is 0 Å². The topological polar surface area (TPSA) is 46.6 Å². The van der Waals surface area contributed by atoms with Gasteiger partial charge < -0.3 is 4.74 Å². The van der Waals surface area contributed by atoms with Gasteiger partial charge in [0.05, 0.1) is 22.3 Å². The predicted octanol–water partition coefficient (Wildman–Crippen LogP) is 6.34. The van der Waals surface area contributed by atoms with E-state index < -0.39 is 27.9 Å². The third-order valence-corrected chi connectivity index (χ3v) is 7.35. The van der Waals surface area contributed by atoms with E-state index in [1.54, 1.807) is 49.6 Å². The summed E-state index contributed by atoms with van der Waals surface area (Å²) in [6, 6.07) is 18.2. The Morgan fingerprint density at radius 3 is 2.21 bits per heavy atom.